The summed E-state index contributed by atoms with van der Waals surface area (Å²) in [5, 5.41) is 18.3. The SMILES string of the molecule is Nc1ccc(C(=O)OCc2cn(-c3ccc(C(F)(F)F)cn3)nn2)cc1[N+](=O)[O-]. The largest absolute Gasteiger partial charge is 0.455 e. The summed E-state index contributed by atoms with van der Waals surface area (Å²) in [5.74, 6) is -0.771. The van der Waals surface area contributed by atoms with Gasteiger partial charge in [0.05, 0.1) is 22.2 Å². The number of carbonyl (C=O) groups is 1. The fourth-order valence-electron chi connectivity index (χ4n) is 2.22. The number of halogens is 3. The first-order valence-electron chi connectivity index (χ1n) is 7.81. The summed E-state index contributed by atoms with van der Waals surface area (Å²) in [7, 11) is 0. The van der Waals surface area contributed by atoms with Gasteiger partial charge >= 0.3 is 12.1 Å². The third kappa shape index (κ3) is 4.45. The van der Waals surface area contributed by atoms with Crippen LogP contribution in [0.2, 0.25) is 0 Å². The lowest BCUT2D eigenvalue weighted by molar-refractivity contribution is -0.383. The van der Waals surface area contributed by atoms with Crippen LogP contribution in [0.25, 0.3) is 5.82 Å². The maximum atomic E-state index is 12.6. The number of aromatic nitrogens is 4. The Balaban J connectivity index is 1.67. The predicted molar refractivity (Wildman–Crippen MR) is 90.8 cm³/mol. The van der Waals surface area contributed by atoms with Crippen molar-refractivity contribution in [2.45, 2.75) is 12.8 Å². The van der Waals surface area contributed by atoms with Gasteiger partial charge in [-0.05, 0) is 24.3 Å². The number of alkyl halides is 3. The number of nitrogens with two attached hydrogens (primary N) is 1. The Labute approximate surface area is 159 Å². The van der Waals surface area contributed by atoms with Gasteiger partial charge in [0.15, 0.2) is 5.82 Å². The van der Waals surface area contributed by atoms with E-state index >= 15 is 0 Å². The first kappa shape index (κ1) is 19.7. The average molecular weight is 408 g/mol. The molecular weight excluding hydrogens is 397 g/mol. The molecule has 150 valence electrons. The van der Waals surface area contributed by atoms with Crippen LogP contribution in [0, 0.1) is 10.1 Å². The van der Waals surface area contributed by atoms with Gasteiger partial charge < -0.3 is 10.5 Å². The number of esters is 1. The number of nitro benzene ring substituents is 1. The quantitative estimate of drug-likeness (QED) is 0.294. The second kappa shape index (κ2) is 7.53. The predicted octanol–water partition coefficient (Wildman–Crippen LogP) is 2.53. The maximum absolute atomic E-state index is 12.6. The number of hydrogen-bond acceptors (Lipinski definition) is 8. The first-order valence-corrected chi connectivity index (χ1v) is 7.81. The van der Waals surface area contributed by atoms with E-state index in [0.717, 1.165) is 22.9 Å². The first-order chi connectivity index (χ1) is 13.6. The third-order valence-electron chi connectivity index (χ3n) is 3.66. The van der Waals surface area contributed by atoms with Gasteiger partial charge in [0.2, 0.25) is 0 Å². The fraction of sp³-hybridized carbons (Fsp3) is 0.125. The molecule has 13 heteroatoms. The molecule has 0 aliphatic rings. The van der Waals surface area contributed by atoms with Crippen molar-refractivity contribution < 1.29 is 27.6 Å². The number of nitro groups is 1. The summed E-state index contributed by atoms with van der Waals surface area (Å²) >= 11 is 0. The molecular formula is C16H11F3N6O4. The molecule has 3 aromatic rings. The molecule has 1 aromatic carbocycles. The number of anilines is 1. The zero-order valence-corrected chi connectivity index (χ0v) is 14.3. The van der Waals surface area contributed by atoms with Crippen LogP contribution in [0.15, 0.2) is 42.7 Å². The zero-order chi connectivity index (χ0) is 21.2. The summed E-state index contributed by atoms with van der Waals surface area (Å²) in [6.07, 6.45) is -2.54. The third-order valence-corrected chi connectivity index (χ3v) is 3.66. The van der Waals surface area contributed by atoms with Gasteiger partial charge in [-0.3, -0.25) is 10.1 Å². The number of pyridine rings is 1. The van der Waals surface area contributed by atoms with Gasteiger partial charge in [0.1, 0.15) is 18.0 Å². The van der Waals surface area contributed by atoms with Crippen molar-refractivity contribution in [2.75, 3.05) is 5.73 Å². The van der Waals surface area contributed by atoms with Gasteiger partial charge in [-0.15, -0.1) is 5.10 Å². The monoisotopic (exact) mass is 408 g/mol. The Bertz CT molecular complexity index is 1070. The molecule has 2 aromatic heterocycles. The molecule has 2 N–H and O–H groups in total. The number of ether oxygens (including phenoxy) is 1. The fourth-order valence-corrected chi connectivity index (χ4v) is 2.22. The number of hydrogen-bond donors (Lipinski definition) is 1. The minimum absolute atomic E-state index is 0.0808. The van der Waals surface area contributed by atoms with Gasteiger partial charge in [-0.2, -0.15) is 13.2 Å². The van der Waals surface area contributed by atoms with Crippen molar-refractivity contribution in [1.82, 2.24) is 20.0 Å². The van der Waals surface area contributed by atoms with E-state index in [4.69, 9.17) is 10.5 Å². The lowest BCUT2D eigenvalue weighted by atomic mass is 10.2. The molecule has 29 heavy (non-hydrogen) atoms. The second-order valence-corrected chi connectivity index (χ2v) is 5.66. The summed E-state index contributed by atoms with van der Waals surface area (Å²) < 4.78 is 43.8. The highest BCUT2D eigenvalue weighted by atomic mass is 19.4. The van der Waals surface area contributed by atoms with Crippen molar-refractivity contribution in [3.05, 3.63) is 69.7 Å². The van der Waals surface area contributed by atoms with E-state index in [0.29, 0.717) is 6.20 Å². The van der Waals surface area contributed by atoms with Crippen LogP contribution in [0.5, 0.6) is 0 Å². The van der Waals surface area contributed by atoms with E-state index < -0.39 is 28.3 Å². The smallest absolute Gasteiger partial charge is 0.417 e. The lowest BCUT2D eigenvalue weighted by Crippen LogP contribution is -2.07. The Hall–Kier alpha value is -4.03. The van der Waals surface area contributed by atoms with Gasteiger partial charge in [-0.1, -0.05) is 5.21 Å². The Morgan fingerprint density at radius 3 is 2.66 bits per heavy atom. The normalized spacial score (nSPS) is 11.3. The van der Waals surface area contributed by atoms with E-state index in [2.05, 4.69) is 15.3 Å². The standard InChI is InChI=1S/C16H11F3N6O4/c17-16(18,19)10-2-4-14(21-6-10)24-7-11(22-23-24)8-29-15(26)9-1-3-12(20)13(5-9)25(27)28/h1-7H,8,20H2. The molecule has 3 rings (SSSR count). The van der Waals surface area contributed by atoms with Crippen LogP contribution in [-0.4, -0.2) is 30.9 Å². The summed E-state index contributed by atoms with van der Waals surface area (Å²) in [4.78, 5) is 25.9. The highest BCUT2D eigenvalue weighted by molar-refractivity contribution is 5.91. The number of nitrogens with zero attached hydrogens (tertiary/aromatic N) is 5. The van der Waals surface area contributed by atoms with Gasteiger partial charge in [-0.25, -0.2) is 14.5 Å². The molecule has 0 aliphatic carbocycles. The lowest BCUT2D eigenvalue weighted by Gasteiger charge is -2.06. The molecule has 0 unspecified atom stereocenters. The average Bonchev–Trinajstić information content (AvgIpc) is 3.14. The Kier molecular flexibility index (Phi) is 5.12. The number of rotatable bonds is 5. The second-order valence-electron chi connectivity index (χ2n) is 5.66. The molecule has 0 bridgehead atoms. The Morgan fingerprint density at radius 1 is 1.28 bits per heavy atom. The molecule has 0 aliphatic heterocycles. The van der Waals surface area contributed by atoms with Crippen LogP contribution in [0.1, 0.15) is 21.6 Å². The molecule has 0 atom stereocenters. The zero-order valence-electron chi connectivity index (χ0n) is 14.3. The van der Waals surface area contributed by atoms with Crippen molar-refractivity contribution >= 4 is 17.3 Å². The van der Waals surface area contributed by atoms with Crippen LogP contribution in [-0.2, 0) is 17.5 Å². The molecule has 0 fully saturated rings. The van der Waals surface area contributed by atoms with Crippen LogP contribution >= 0.6 is 0 Å². The highest BCUT2D eigenvalue weighted by Crippen LogP contribution is 2.28. The van der Waals surface area contributed by atoms with Crippen LogP contribution < -0.4 is 5.73 Å². The minimum Gasteiger partial charge on any atom is -0.455 e. The molecule has 0 saturated heterocycles. The number of benzene rings is 1. The van der Waals surface area contributed by atoms with Gasteiger partial charge in [0.25, 0.3) is 5.69 Å². The van der Waals surface area contributed by atoms with Crippen molar-refractivity contribution in [3.63, 3.8) is 0 Å². The summed E-state index contributed by atoms with van der Waals surface area (Å²) in [5.41, 5.74) is 4.13. The summed E-state index contributed by atoms with van der Waals surface area (Å²) in [6.45, 7) is -0.322. The highest BCUT2D eigenvalue weighted by Gasteiger charge is 2.30. The van der Waals surface area contributed by atoms with E-state index in [1.54, 1.807) is 0 Å². The van der Waals surface area contributed by atoms with E-state index in [-0.39, 0.29) is 29.4 Å². The van der Waals surface area contributed by atoms with E-state index in [9.17, 15) is 28.1 Å². The van der Waals surface area contributed by atoms with Gasteiger partial charge in [0, 0.05) is 12.3 Å². The van der Waals surface area contributed by atoms with Crippen molar-refractivity contribution in [2.24, 2.45) is 0 Å². The molecule has 0 amide bonds. The topological polar surface area (TPSA) is 139 Å². The van der Waals surface area contributed by atoms with Crippen molar-refractivity contribution in [3.8, 4) is 5.82 Å². The van der Waals surface area contributed by atoms with E-state index in [1.165, 1.54) is 18.3 Å². The Morgan fingerprint density at radius 2 is 2.03 bits per heavy atom. The van der Waals surface area contributed by atoms with E-state index in [1.807, 2.05) is 0 Å². The minimum atomic E-state index is -4.51. The molecule has 0 spiro atoms. The summed E-state index contributed by atoms with van der Waals surface area (Å²) in [6, 6.07) is 5.42. The van der Waals surface area contributed by atoms with Crippen LogP contribution in [0.3, 0.4) is 0 Å². The molecule has 2 heterocycles. The number of nitrogen functional groups attached to an aromatic ring is 1. The molecule has 0 saturated carbocycles. The van der Waals surface area contributed by atoms with Crippen LogP contribution in [0.4, 0.5) is 24.5 Å². The molecule has 10 nitrogen and oxygen atoms in total. The molecule has 0 radical (unpaired) electrons. The van der Waals surface area contributed by atoms with Crippen molar-refractivity contribution in [1.29, 1.82) is 0 Å². The number of carbonyl (C=O) groups excluding carboxylic acids is 1. The maximum Gasteiger partial charge on any atom is 0.417 e.